The summed E-state index contributed by atoms with van der Waals surface area (Å²) < 4.78 is 0. The number of hydrazine groups is 1. The zero-order valence-electron chi connectivity index (χ0n) is 11.3. The Morgan fingerprint density at radius 1 is 0.900 bits per heavy atom. The van der Waals surface area contributed by atoms with Crippen LogP contribution in [0, 0.1) is 0 Å². The minimum Gasteiger partial charge on any atom is -0.324 e. The van der Waals surface area contributed by atoms with Crippen molar-refractivity contribution in [1.29, 1.82) is 0 Å². The average molecular weight is 262 g/mol. The summed E-state index contributed by atoms with van der Waals surface area (Å²) in [4.78, 5) is 0. The molecule has 3 N–H and O–H groups in total. The molecule has 0 heterocycles. The number of nitrogens with one attached hydrogen (secondary N) is 1. The second-order valence-electron chi connectivity index (χ2n) is 5.04. The molecule has 1 aliphatic carbocycles. The zero-order valence-corrected chi connectivity index (χ0v) is 11.3. The van der Waals surface area contributed by atoms with Crippen LogP contribution in [0.5, 0.6) is 0 Å². The molecule has 0 aromatic heterocycles. The first-order chi connectivity index (χ1) is 9.86. The number of anilines is 1. The molecule has 0 atom stereocenters. The van der Waals surface area contributed by atoms with Crippen molar-refractivity contribution < 1.29 is 0 Å². The van der Waals surface area contributed by atoms with Crippen molar-refractivity contribution in [3.8, 4) is 0 Å². The third kappa shape index (κ3) is 2.65. The molecular formula is C18H18N2. The number of benzene rings is 2. The van der Waals surface area contributed by atoms with Gasteiger partial charge in [-0.1, -0.05) is 66.3 Å². The van der Waals surface area contributed by atoms with Gasteiger partial charge in [0.1, 0.15) is 0 Å². The van der Waals surface area contributed by atoms with Crippen LogP contribution in [0.1, 0.15) is 17.5 Å². The fourth-order valence-electron chi connectivity index (χ4n) is 2.61. The summed E-state index contributed by atoms with van der Waals surface area (Å²) in [5, 5.41) is 0. The molecule has 0 saturated carbocycles. The molecule has 0 saturated heterocycles. The monoisotopic (exact) mass is 262 g/mol. The lowest BCUT2D eigenvalue weighted by Crippen LogP contribution is -2.09. The summed E-state index contributed by atoms with van der Waals surface area (Å²) in [6.07, 6.45) is 6.41. The molecule has 2 heteroatoms. The molecule has 0 bridgehead atoms. The first-order valence-corrected chi connectivity index (χ1v) is 6.85. The van der Waals surface area contributed by atoms with Crippen molar-refractivity contribution >= 4 is 11.3 Å². The molecule has 3 rings (SSSR count). The van der Waals surface area contributed by atoms with Crippen molar-refractivity contribution in [2.75, 3.05) is 5.43 Å². The normalized spacial score (nSPS) is 13.8. The maximum atomic E-state index is 5.56. The molecule has 0 unspecified atom stereocenters. The van der Waals surface area contributed by atoms with Gasteiger partial charge in [0.15, 0.2) is 0 Å². The van der Waals surface area contributed by atoms with E-state index in [2.05, 4.69) is 60.0 Å². The third-order valence-electron chi connectivity index (χ3n) is 3.67. The minimum atomic E-state index is 0.938. The second kappa shape index (κ2) is 5.76. The molecule has 0 fully saturated rings. The SMILES string of the molecule is NNc1ccccc1CC1=CC=C(c2ccccc2)C1. The Bertz CT molecular complexity index is 654. The highest BCUT2D eigenvalue weighted by Gasteiger charge is 2.11. The van der Waals surface area contributed by atoms with Crippen molar-refractivity contribution in [3.63, 3.8) is 0 Å². The number of hydrogen-bond donors (Lipinski definition) is 2. The van der Waals surface area contributed by atoms with Gasteiger partial charge in [-0.05, 0) is 35.6 Å². The molecule has 2 aromatic carbocycles. The van der Waals surface area contributed by atoms with Gasteiger partial charge in [0.25, 0.3) is 0 Å². The Hall–Kier alpha value is -2.32. The number of hydrogen-bond acceptors (Lipinski definition) is 2. The Kier molecular flexibility index (Phi) is 3.66. The van der Waals surface area contributed by atoms with Gasteiger partial charge in [-0.3, -0.25) is 5.84 Å². The molecule has 0 aliphatic heterocycles. The number of nitrogens with two attached hydrogens (primary N) is 1. The highest BCUT2D eigenvalue weighted by molar-refractivity contribution is 5.72. The van der Waals surface area contributed by atoms with E-state index in [1.54, 1.807) is 0 Å². The maximum absolute atomic E-state index is 5.56. The molecule has 0 radical (unpaired) electrons. The van der Waals surface area contributed by atoms with Gasteiger partial charge in [-0.15, -0.1) is 0 Å². The van der Waals surface area contributed by atoms with Crippen LogP contribution >= 0.6 is 0 Å². The Morgan fingerprint density at radius 2 is 1.65 bits per heavy atom. The largest absolute Gasteiger partial charge is 0.324 e. The third-order valence-corrected chi connectivity index (χ3v) is 3.67. The van der Waals surface area contributed by atoms with E-state index in [1.807, 2.05) is 12.1 Å². The van der Waals surface area contributed by atoms with Gasteiger partial charge in [-0.25, -0.2) is 0 Å². The standard InChI is InChI=1S/C18H18N2/c19-20-18-9-5-4-8-17(18)13-14-10-11-16(12-14)15-6-2-1-3-7-15/h1-11,20H,12-13,19H2. The number of allylic oxidation sites excluding steroid dienone is 4. The van der Waals surface area contributed by atoms with E-state index in [0.29, 0.717) is 0 Å². The van der Waals surface area contributed by atoms with E-state index in [0.717, 1.165) is 18.5 Å². The lowest BCUT2D eigenvalue weighted by molar-refractivity contribution is 1.09. The molecule has 100 valence electrons. The van der Waals surface area contributed by atoms with Gasteiger partial charge in [0.2, 0.25) is 0 Å². The topological polar surface area (TPSA) is 38.0 Å². The van der Waals surface area contributed by atoms with E-state index in [1.165, 1.54) is 22.3 Å². The van der Waals surface area contributed by atoms with Crippen LogP contribution < -0.4 is 11.3 Å². The van der Waals surface area contributed by atoms with Crippen LogP contribution in [-0.4, -0.2) is 0 Å². The van der Waals surface area contributed by atoms with Crippen molar-refractivity contribution in [3.05, 3.63) is 83.4 Å². The van der Waals surface area contributed by atoms with Crippen molar-refractivity contribution in [2.24, 2.45) is 5.84 Å². The smallest absolute Gasteiger partial charge is 0.0520 e. The van der Waals surface area contributed by atoms with Crippen LogP contribution in [0.15, 0.2) is 72.3 Å². The summed E-state index contributed by atoms with van der Waals surface area (Å²) in [5.41, 5.74) is 9.13. The Morgan fingerprint density at radius 3 is 2.45 bits per heavy atom. The van der Waals surface area contributed by atoms with E-state index in [9.17, 15) is 0 Å². The van der Waals surface area contributed by atoms with Crippen LogP contribution in [0.3, 0.4) is 0 Å². The fraction of sp³-hybridized carbons (Fsp3) is 0.111. The summed E-state index contributed by atoms with van der Waals surface area (Å²) >= 11 is 0. The van der Waals surface area contributed by atoms with Gasteiger partial charge >= 0.3 is 0 Å². The van der Waals surface area contributed by atoms with E-state index in [4.69, 9.17) is 5.84 Å². The van der Waals surface area contributed by atoms with Crippen LogP contribution in [0.4, 0.5) is 5.69 Å². The summed E-state index contributed by atoms with van der Waals surface area (Å²) in [6.45, 7) is 0. The van der Waals surface area contributed by atoms with Gasteiger partial charge < -0.3 is 5.43 Å². The molecule has 2 nitrogen and oxygen atoms in total. The first kappa shape index (κ1) is 12.7. The van der Waals surface area contributed by atoms with Gasteiger partial charge in [-0.2, -0.15) is 0 Å². The molecule has 0 spiro atoms. The van der Waals surface area contributed by atoms with E-state index in [-0.39, 0.29) is 0 Å². The number of nitrogen functional groups attached to an aromatic ring is 1. The van der Waals surface area contributed by atoms with Gasteiger partial charge in [0, 0.05) is 0 Å². The quantitative estimate of drug-likeness (QED) is 0.647. The number of rotatable bonds is 4. The summed E-state index contributed by atoms with van der Waals surface area (Å²) in [6, 6.07) is 18.7. The van der Waals surface area contributed by atoms with Crippen LogP contribution in [0.25, 0.3) is 5.57 Å². The molecule has 2 aromatic rings. The predicted molar refractivity (Wildman–Crippen MR) is 85.1 cm³/mol. The molecular weight excluding hydrogens is 244 g/mol. The molecule has 0 amide bonds. The zero-order chi connectivity index (χ0) is 13.8. The highest BCUT2D eigenvalue weighted by atomic mass is 15.2. The Labute approximate surface area is 119 Å². The summed E-state index contributed by atoms with van der Waals surface area (Å²) in [7, 11) is 0. The van der Waals surface area contributed by atoms with E-state index >= 15 is 0 Å². The molecule has 1 aliphatic rings. The predicted octanol–water partition coefficient (Wildman–Crippen LogP) is 3.93. The lowest BCUT2D eigenvalue weighted by atomic mass is 9.98. The maximum Gasteiger partial charge on any atom is 0.0520 e. The highest BCUT2D eigenvalue weighted by Crippen LogP contribution is 2.31. The lowest BCUT2D eigenvalue weighted by Gasteiger charge is -2.10. The van der Waals surface area contributed by atoms with E-state index < -0.39 is 0 Å². The summed E-state index contributed by atoms with van der Waals surface area (Å²) in [5.74, 6) is 5.56. The minimum absolute atomic E-state index is 0.938. The van der Waals surface area contributed by atoms with Crippen LogP contribution in [0.2, 0.25) is 0 Å². The average Bonchev–Trinajstić information content (AvgIpc) is 2.97. The van der Waals surface area contributed by atoms with Crippen molar-refractivity contribution in [2.45, 2.75) is 12.8 Å². The second-order valence-corrected chi connectivity index (χ2v) is 5.04. The van der Waals surface area contributed by atoms with Crippen LogP contribution in [-0.2, 0) is 6.42 Å². The Balaban J connectivity index is 1.71. The van der Waals surface area contributed by atoms with Crippen molar-refractivity contribution in [1.82, 2.24) is 0 Å². The fourth-order valence-corrected chi connectivity index (χ4v) is 2.61. The van der Waals surface area contributed by atoms with Gasteiger partial charge in [0.05, 0.1) is 5.69 Å². The molecule has 20 heavy (non-hydrogen) atoms. The number of para-hydroxylation sites is 1. The first-order valence-electron chi connectivity index (χ1n) is 6.85.